The molecule has 0 fully saturated rings. The Morgan fingerprint density at radius 2 is 2.00 bits per heavy atom. The van der Waals surface area contributed by atoms with E-state index in [-0.39, 0.29) is 6.04 Å². The molecule has 3 heteroatoms. The number of nitrogens with two attached hydrogens (primary N) is 1. The summed E-state index contributed by atoms with van der Waals surface area (Å²) >= 11 is 6.13. The van der Waals surface area contributed by atoms with Crippen molar-refractivity contribution in [3.8, 4) is 0 Å². The second-order valence-electron chi connectivity index (χ2n) is 4.73. The Morgan fingerprint density at radius 3 is 2.56 bits per heavy atom. The van der Waals surface area contributed by atoms with Gasteiger partial charge in [-0.1, -0.05) is 31.5 Å². The molecule has 1 aromatic carbocycles. The highest BCUT2D eigenvalue weighted by Gasteiger charge is 2.12. The van der Waals surface area contributed by atoms with Crippen molar-refractivity contribution < 1.29 is 0 Å². The molecule has 1 rings (SSSR count). The maximum Gasteiger partial charge on any atom is 0.0426 e. The minimum Gasteiger partial charge on any atom is -0.372 e. The first-order valence-corrected chi connectivity index (χ1v) is 7.29. The molecule has 0 aliphatic rings. The molecule has 102 valence electrons. The van der Waals surface area contributed by atoms with Crippen LogP contribution < -0.4 is 10.6 Å². The summed E-state index contributed by atoms with van der Waals surface area (Å²) in [6.45, 7) is 8.57. The second kappa shape index (κ2) is 7.65. The van der Waals surface area contributed by atoms with E-state index < -0.39 is 0 Å². The van der Waals surface area contributed by atoms with Crippen molar-refractivity contribution >= 4 is 17.3 Å². The molecule has 2 N–H and O–H groups in total. The zero-order valence-electron chi connectivity index (χ0n) is 11.7. The van der Waals surface area contributed by atoms with Gasteiger partial charge in [0.25, 0.3) is 0 Å². The molecule has 0 saturated carbocycles. The summed E-state index contributed by atoms with van der Waals surface area (Å²) in [6, 6.07) is 6.37. The molecular formula is C15H25ClN2. The van der Waals surface area contributed by atoms with Gasteiger partial charge in [-0.2, -0.15) is 0 Å². The molecule has 0 bridgehead atoms. The van der Waals surface area contributed by atoms with Gasteiger partial charge in [-0.3, -0.25) is 0 Å². The van der Waals surface area contributed by atoms with E-state index in [9.17, 15) is 0 Å². The summed E-state index contributed by atoms with van der Waals surface area (Å²) in [5, 5.41) is 0.799. The lowest BCUT2D eigenvalue weighted by Gasteiger charge is -2.26. The molecule has 0 heterocycles. The van der Waals surface area contributed by atoms with E-state index in [1.165, 1.54) is 11.3 Å². The molecular weight excluding hydrogens is 244 g/mol. The van der Waals surface area contributed by atoms with Crippen LogP contribution in [0.2, 0.25) is 5.02 Å². The van der Waals surface area contributed by atoms with E-state index in [0.29, 0.717) is 0 Å². The van der Waals surface area contributed by atoms with Gasteiger partial charge in [0.15, 0.2) is 0 Å². The minimum absolute atomic E-state index is 0.227. The zero-order valence-corrected chi connectivity index (χ0v) is 12.5. The molecule has 0 radical (unpaired) electrons. The molecule has 0 aromatic heterocycles. The number of anilines is 1. The quantitative estimate of drug-likeness (QED) is 0.814. The summed E-state index contributed by atoms with van der Waals surface area (Å²) in [5.41, 5.74) is 8.63. The van der Waals surface area contributed by atoms with Crippen LogP contribution in [0.4, 0.5) is 5.69 Å². The Hall–Kier alpha value is -0.730. The highest BCUT2D eigenvalue weighted by atomic mass is 35.5. The van der Waals surface area contributed by atoms with E-state index in [0.717, 1.165) is 37.4 Å². The molecule has 1 atom stereocenters. The van der Waals surface area contributed by atoms with Crippen LogP contribution in [-0.4, -0.2) is 19.1 Å². The molecule has 1 unspecified atom stereocenters. The summed E-state index contributed by atoms with van der Waals surface area (Å²) in [6.07, 6.45) is 3.06. The van der Waals surface area contributed by atoms with Crippen LogP contribution in [-0.2, 0) is 6.42 Å². The van der Waals surface area contributed by atoms with E-state index in [4.69, 9.17) is 17.3 Å². The third-order valence-corrected chi connectivity index (χ3v) is 3.50. The predicted octanol–water partition coefficient (Wildman–Crippen LogP) is 3.86. The molecule has 0 aliphatic carbocycles. The van der Waals surface area contributed by atoms with Gasteiger partial charge in [-0.25, -0.2) is 0 Å². The van der Waals surface area contributed by atoms with Crippen molar-refractivity contribution in [2.45, 2.75) is 46.1 Å². The predicted molar refractivity (Wildman–Crippen MR) is 81.6 cm³/mol. The molecule has 0 spiro atoms. The van der Waals surface area contributed by atoms with Gasteiger partial charge in [-0.15, -0.1) is 0 Å². The van der Waals surface area contributed by atoms with Crippen molar-refractivity contribution in [3.05, 3.63) is 28.8 Å². The largest absolute Gasteiger partial charge is 0.372 e. The fourth-order valence-electron chi connectivity index (χ4n) is 2.15. The molecule has 0 aliphatic heterocycles. The molecule has 18 heavy (non-hydrogen) atoms. The Balaban J connectivity index is 3.01. The smallest absolute Gasteiger partial charge is 0.0426 e. The normalized spacial score (nSPS) is 12.5. The van der Waals surface area contributed by atoms with E-state index in [2.05, 4.69) is 37.8 Å². The van der Waals surface area contributed by atoms with Crippen molar-refractivity contribution in [3.63, 3.8) is 0 Å². The number of hydrogen-bond donors (Lipinski definition) is 1. The van der Waals surface area contributed by atoms with Gasteiger partial charge in [0.05, 0.1) is 0 Å². The average Bonchev–Trinajstić information content (AvgIpc) is 2.38. The number of nitrogens with zero attached hydrogens (tertiary/aromatic N) is 1. The van der Waals surface area contributed by atoms with Crippen molar-refractivity contribution in [2.75, 3.05) is 18.0 Å². The number of benzene rings is 1. The Morgan fingerprint density at radius 1 is 1.28 bits per heavy atom. The second-order valence-corrected chi connectivity index (χ2v) is 5.16. The number of hydrogen-bond acceptors (Lipinski definition) is 2. The number of rotatable bonds is 7. The SMILES string of the molecule is CCCN(CC)c1cc(Cl)ccc1CC(N)CC. The summed E-state index contributed by atoms with van der Waals surface area (Å²) < 4.78 is 0. The van der Waals surface area contributed by atoms with Crippen LogP contribution in [0.5, 0.6) is 0 Å². The highest BCUT2D eigenvalue weighted by Crippen LogP contribution is 2.26. The van der Waals surface area contributed by atoms with Gasteiger partial charge in [0.1, 0.15) is 0 Å². The van der Waals surface area contributed by atoms with E-state index >= 15 is 0 Å². The maximum absolute atomic E-state index is 6.13. The van der Waals surface area contributed by atoms with Crippen molar-refractivity contribution in [2.24, 2.45) is 5.73 Å². The molecule has 0 saturated heterocycles. The lowest BCUT2D eigenvalue weighted by molar-refractivity contribution is 0.644. The summed E-state index contributed by atoms with van der Waals surface area (Å²) in [5.74, 6) is 0. The first kappa shape index (κ1) is 15.3. The lowest BCUT2D eigenvalue weighted by atomic mass is 10.0. The topological polar surface area (TPSA) is 29.3 Å². The summed E-state index contributed by atoms with van der Waals surface area (Å²) in [7, 11) is 0. The Bertz CT molecular complexity index is 366. The zero-order chi connectivity index (χ0) is 13.5. The third-order valence-electron chi connectivity index (χ3n) is 3.27. The average molecular weight is 269 g/mol. The fraction of sp³-hybridized carbons (Fsp3) is 0.600. The van der Waals surface area contributed by atoms with Crippen LogP contribution in [0.25, 0.3) is 0 Å². The van der Waals surface area contributed by atoms with Crippen LogP contribution in [0.3, 0.4) is 0 Å². The maximum atomic E-state index is 6.13. The molecule has 0 amide bonds. The highest BCUT2D eigenvalue weighted by molar-refractivity contribution is 6.30. The molecule has 2 nitrogen and oxygen atoms in total. The van der Waals surface area contributed by atoms with Crippen molar-refractivity contribution in [1.29, 1.82) is 0 Å². The fourth-order valence-corrected chi connectivity index (χ4v) is 2.32. The Labute approximate surface area is 116 Å². The minimum atomic E-state index is 0.227. The van der Waals surface area contributed by atoms with Crippen LogP contribution in [0.15, 0.2) is 18.2 Å². The summed E-state index contributed by atoms with van der Waals surface area (Å²) in [4.78, 5) is 2.38. The first-order valence-electron chi connectivity index (χ1n) is 6.91. The van der Waals surface area contributed by atoms with E-state index in [1.807, 2.05) is 6.07 Å². The van der Waals surface area contributed by atoms with E-state index in [1.54, 1.807) is 0 Å². The standard InChI is InChI=1S/C15H25ClN2/c1-4-9-18(6-3)15-11-13(16)8-7-12(15)10-14(17)5-2/h7-8,11,14H,4-6,9-10,17H2,1-3H3. The van der Waals surface area contributed by atoms with Gasteiger partial charge >= 0.3 is 0 Å². The first-order chi connectivity index (χ1) is 8.62. The van der Waals surface area contributed by atoms with Crippen LogP contribution in [0, 0.1) is 0 Å². The van der Waals surface area contributed by atoms with Gasteiger partial charge < -0.3 is 10.6 Å². The van der Waals surface area contributed by atoms with Crippen molar-refractivity contribution in [1.82, 2.24) is 0 Å². The van der Waals surface area contributed by atoms with Crippen LogP contribution in [0.1, 0.15) is 39.2 Å². The molecule has 1 aromatic rings. The van der Waals surface area contributed by atoms with Gasteiger partial charge in [-0.05, 0) is 43.9 Å². The van der Waals surface area contributed by atoms with Gasteiger partial charge in [0, 0.05) is 29.8 Å². The Kier molecular flexibility index (Phi) is 6.51. The van der Waals surface area contributed by atoms with Crippen LogP contribution >= 0.6 is 11.6 Å². The lowest BCUT2D eigenvalue weighted by Crippen LogP contribution is -2.27. The number of halogens is 1. The van der Waals surface area contributed by atoms with Gasteiger partial charge in [0.2, 0.25) is 0 Å². The third kappa shape index (κ3) is 4.18. The monoisotopic (exact) mass is 268 g/mol.